The molecule has 1 rings (SSSR count). The van der Waals surface area contributed by atoms with Crippen LogP contribution < -0.4 is 5.32 Å². The summed E-state index contributed by atoms with van der Waals surface area (Å²) in [4.78, 5) is 23.9. The first-order valence-electron chi connectivity index (χ1n) is 6.60. The Labute approximate surface area is 119 Å². The van der Waals surface area contributed by atoms with E-state index in [0.29, 0.717) is 11.3 Å². The highest BCUT2D eigenvalue weighted by Gasteiger charge is 2.08. The van der Waals surface area contributed by atoms with Crippen LogP contribution in [-0.4, -0.2) is 23.5 Å². The van der Waals surface area contributed by atoms with E-state index in [4.69, 9.17) is 0 Å². The van der Waals surface area contributed by atoms with E-state index in [0.717, 1.165) is 17.7 Å². The summed E-state index contributed by atoms with van der Waals surface area (Å²) >= 11 is 1.49. The molecule has 0 aliphatic carbocycles. The molecule has 104 valence electrons. The Morgan fingerprint density at radius 2 is 1.74 bits per heavy atom. The van der Waals surface area contributed by atoms with Crippen LogP contribution in [0.25, 0.3) is 0 Å². The zero-order valence-electron chi connectivity index (χ0n) is 11.7. The predicted octanol–water partition coefficient (Wildman–Crippen LogP) is 3.29. The molecule has 0 aliphatic heterocycles. The second kappa shape index (κ2) is 8.00. The SMILES string of the molecule is CCC(CC)NC(=O)CSc1ccc(C(C)=O)cc1. The Kier molecular flexibility index (Phi) is 6.64. The molecule has 0 aliphatic rings. The van der Waals surface area contributed by atoms with Gasteiger partial charge in [-0.25, -0.2) is 0 Å². The monoisotopic (exact) mass is 279 g/mol. The minimum Gasteiger partial charge on any atom is -0.353 e. The van der Waals surface area contributed by atoms with E-state index < -0.39 is 0 Å². The first kappa shape index (κ1) is 15.8. The highest BCUT2D eigenvalue weighted by Crippen LogP contribution is 2.18. The lowest BCUT2D eigenvalue weighted by atomic mass is 10.2. The molecular weight excluding hydrogens is 258 g/mol. The lowest BCUT2D eigenvalue weighted by molar-refractivity contribution is -0.119. The number of hydrogen-bond donors (Lipinski definition) is 1. The summed E-state index contributed by atoms with van der Waals surface area (Å²) in [6.07, 6.45) is 1.92. The third-order valence-electron chi connectivity index (χ3n) is 2.98. The van der Waals surface area contributed by atoms with E-state index in [1.165, 1.54) is 11.8 Å². The lowest BCUT2D eigenvalue weighted by Gasteiger charge is -2.14. The van der Waals surface area contributed by atoms with Crippen molar-refractivity contribution in [2.45, 2.75) is 44.6 Å². The number of carbonyl (C=O) groups is 2. The Bertz CT molecular complexity index is 424. The van der Waals surface area contributed by atoms with Crippen LogP contribution >= 0.6 is 11.8 Å². The van der Waals surface area contributed by atoms with Crippen molar-refractivity contribution in [2.75, 3.05) is 5.75 Å². The first-order valence-corrected chi connectivity index (χ1v) is 7.58. The van der Waals surface area contributed by atoms with Crippen molar-refractivity contribution >= 4 is 23.5 Å². The Balaban J connectivity index is 2.43. The van der Waals surface area contributed by atoms with Gasteiger partial charge in [-0.3, -0.25) is 9.59 Å². The average Bonchev–Trinajstić information content (AvgIpc) is 2.43. The maximum atomic E-state index is 11.7. The molecule has 0 saturated carbocycles. The summed E-state index contributed by atoms with van der Waals surface area (Å²) in [6.45, 7) is 5.69. The molecule has 0 bridgehead atoms. The number of carbonyl (C=O) groups excluding carboxylic acids is 2. The zero-order valence-corrected chi connectivity index (χ0v) is 12.5. The van der Waals surface area contributed by atoms with E-state index >= 15 is 0 Å². The molecular formula is C15H21NO2S. The number of hydrogen-bond acceptors (Lipinski definition) is 3. The van der Waals surface area contributed by atoms with E-state index in [1.54, 1.807) is 19.1 Å². The number of benzene rings is 1. The first-order chi connectivity index (χ1) is 9.06. The van der Waals surface area contributed by atoms with Gasteiger partial charge in [-0.15, -0.1) is 11.8 Å². The van der Waals surface area contributed by atoms with Crippen molar-refractivity contribution in [1.29, 1.82) is 0 Å². The van der Waals surface area contributed by atoms with Crippen LogP contribution in [0.2, 0.25) is 0 Å². The van der Waals surface area contributed by atoms with E-state index in [9.17, 15) is 9.59 Å². The third kappa shape index (κ3) is 5.47. The second-order valence-corrected chi connectivity index (χ2v) is 5.50. The molecule has 1 aromatic rings. The molecule has 0 radical (unpaired) electrons. The maximum absolute atomic E-state index is 11.7. The normalized spacial score (nSPS) is 10.5. The van der Waals surface area contributed by atoms with Gasteiger partial charge < -0.3 is 5.32 Å². The molecule has 1 amide bonds. The van der Waals surface area contributed by atoms with Gasteiger partial charge in [0.15, 0.2) is 5.78 Å². The fraction of sp³-hybridized carbons (Fsp3) is 0.467. The second-order valence-electron chi connectivity index (χ2n) is 4.45. The molecule has 19 heavy (non-hydrogen) atoms. The van der Waals surface area contributed by atoms with Crippen LogP contribution in [0.5, 0.6) is 0 Å². The van der Waals surface area contributed by atoms with Crippen LogP contribution in [0.4, 0.5) is 0 Å². The van der Waals surface area contributed by atoms with Gasteiger partial charge in [0, 0.05) is 16.5 Å². The van der Waals surface area contributed by atoms with E-state index in [2.05, 4.69) is 19.2 Å². The average molecular weight is 279 g/mol. The fourth-order valence-corrected chi connectivity index (χ4v) is 2.41. The predicted molar refractivity (Wildman–Crippen MR) is 79.7 cm³/mol. The zero-order chi connectivity index (χ0) is 14.3. The molecule has 0 atom stereocenters. The topological polar surface area (TPSA) is 46.2 Å². The number of nitrogens with one attached hydrogen (secondary N) is 1. The van der Waals surface area contributed by atoms with Crippen molar-refractivity contribution in [3.05, 3.63) is 29.8 Å². The Morgan fingerprint density at radius 3 is 2.21 bits per heavy atom. The number of amides is 1. The van der Waals surface area contributed by atoms with Gasteiger partial charge >= 0.3 is 0 Å². The molecule has 3 nitrogen and oxygen atoms in total. The highest BCUT2D eigenvalue weighted by molar-refractivity contribution is 8.00. The van der Waals surface area contributed by atoms with Gasteiger partial charge in [-0.1, -0.05) is 26.0 Å². The smallest absolute Gasteiger partial charge is 0.230 e. The number of rotatable bonds is 7. The molecule has 1 aromatic carbocycles. The van der Waals surface area contributed by atoms with Gasteiger partial charge in [0.25, 0.3) is 0 Å². The van der Waals surface area contributed by atoms with E-state index in [-0.39, 0.29) is 17.7 Å². The summed E-state index contributed by atoms with van der Waals surface area (Å²) < 4.78 is 0. The van der Waals surface area contributed by atoms with Crippen LogP contribution in [0.3, 0.4) is 0 Å². The van der Waals surface area contributed by atoms with Crippen LogP contribution in [0.1, 0.15) is 44.0 Å². The van der Waals surface area contributed by atoms with Crippen molar-refractivity contribution in [2.24, 2.45) is 0 Å². The number of ketones is 1. The third-order valence-corrected chi connectivity index (χ3v) is 3.99. The largest absolute Gasteiger partial charge is 0.353 e. The summed E-state index contributed by atoms with van der Waals surface area (Å²) in [5.74, 6) is 0.535. The standard InChI is InChI=1S/C15H21NO2S/c1-4-13(5-2)16-15(18)10-19-14-8-6-12(7-9-14)11(3)17/h6-9,13H,4-5,10H2,1-3H3,(H,16,18). The minimum absolute atomic E-state index is 0.0584. The molecule has 1 N–H and O–H groups in total. The number of Topliss-reactive ketones (excluding diaryl/α,β-unsaturated/α-hetero) is 1. The molecule has 0 saturated heterocycles. The van der Waals surface area contributed by atoms with Gasteiger partial charge in [0.05, 0.1) is 5.75 Å². The van der Waals surface area contributed by atoms with Crippen LogP contribution in [-0.2, 0) is 4.79 Å². The molecule has 4 heteroatoms. The quantitative estimate of drug-likeness (QED) is 0.615. The fourth-order valence-electron chi connectivity index (χ4n) is 1.70. The summed E-state index contributed by atoms with van der Waals surface area (Å²) in [5.41, 5.74) is 0.700. The van der Waals surface area contributed by atoms with Crippen molar-refractivity contribution in [3.63, 3.8) is 0 Å². The van der Waals surface area contributed by atoms with Crippen LogP contribution in [0.15, 0.2) is 29.2 Å². The minimum atomic E-state index is 0.0584. The molecule has 0 unspecified atom stereocenters. The molecule has 0 fully saturated rings. The molecule has 0 spiro atoms. The van der Waals surface area contributed by atoms with Crippen molar-refractivity contribution < 1.29 is 9.59 Å². The van der Waals surface area contributed by atoms with Crippen LogP contribution in [0, 0.1) is 0 Å². The van der Waals surface area contributed by atoms with Gasteiger partial charge in [0.1, 0.15) is 0 Å². The lowest BCUT2D eigenvalue weighted by Crippen LogP contribution is -2.34. The van der Waals surface area contributed by atoms with Gasteiger partial charge in [0.2, 0.25) is 5.91 Å². The highest BCUT2D eigenvalue weighted by atomic mass is 32.2. The van der Waals surface area contributed by atoms with Crippen molar-refractivity contribution in [1.82, 2.24) is 5.32 Å². The van der Waals surface area contributed by atoms with Gasteiger partial charge in [-0.05, 0) is 31.9 Å². The number of thioether (sulfide) groups is 1. The molecule has 0 aromatic heterocycles. The Morgan fingerprint density at radius 1 is 1.16 bits per heavy atom. The summed E-state index contributed by atoms with van der Waals surface area (Å²) in [6, 6.07) is 7.62. The van der Waals surface area contributed by atoms with E-state index in [1.807, 2.05) is 12.1 Å². The summed E-state index contributed by atoms with van der Waals surface area (Å²) in [5, 5.41) is 3.00. The van der Waals surface area contributed by atoms with Crippen molar-refractivity contribution in [3.8, 4) is 0 Å². The van der Waals surface area contributed by atoms with Gasteiger partial charge in [-0.2, -0.15) is 0 Å². The maximum Gasteiger partial charge on any atom is 0.230 e. The summed E-state index contributed by atoms with van der Waals surface area (Å²) in [7, 11) is 0. The molecule has 0 heterocycles. The Hall–Kier alpha value is -1.29.